The summed E-state index contributed by atoms with van der Waals surface area (Å²) in [5, 5.41) is 4.21. The van der Waals surface area contributed by atoms with E-state index in [1.54, 1.807) is 41.6 Å². The number of amides is 1. The number of carbonyl (C=O) groups is 1. The predicted octanol–water partition coefficient (Wildman–Crippen LogP) is 6.72. The van der Waals surface area contributed by atoms with Gasteiger partial charge in [-0.05, 0) is 49.2 Å². The van der Waals surface area contributed by atoms with Crippen molar-refractivity contribution in [2.24, 2.45) is 0 Å². The first-order valence-corrected chi connectivity index (χ1v) is 17.7. The summed E-state index contributed by atoms with van der Waals surface area (Å²) in [5.74, 6) is 2.86. The molecule has 53 heavy (non-hydrogen) atoms. The summed E-state index contributed by atoms with van der Waals surface area (Å²) in [4.78, 5) is 41.0. The van der Waals surface area contributed by atoms with Crippen molar-refractivity contribution in [3.8, 4) is 40.3 Å². The molecule has 0 saturated carbocycles. The van der Waals surface area contributed by atoms with Gasteiger partial charge in [0.05, 0.1) is 36.7 Å². The summed E-state index contributed by atoms with van der Waals surface area (Å²) in [6.07, 6.45) is 6.18. The number of benzene rings is 1. The number of nitrogens with zero attached hydrogens (tertiary/aromatic N) is 7. The summed E-state index contributed by atoms with van der Waals surface area (Å²) >= 11 is 11.7. The van der Waals surface area contributed by atoms with Gasteiger partial charge in [0.2, 0.25) is 11.8 Å². The molecule has 0 aliphatic carbocycles. The van der Waals surface area contributed by atoms with E-state index in [2.05, 4.69) is 37.2 Å². The number of fused-ring (bicyclic) bond motifs is 2. The van der Waals surface area contributed by atoms with Crippen molar-refractivity contribution in [3.63, 3.8) is 0 Å². The minimum atomic E-state index is -0.403. The number of carbonyl (C=O) groups excluding carboxylic acids is 1. The van der Waals surface area contributed by atoms with Gasteiger partial charge in [-0.2, -0.15) is 9.97 Å². The SMILES string of the molecule is CCCOc1nc(-c2ccc(Cl)nc2)nc2c1CN(C(=O)Oc1ccccc1)CC2.CCCOc1nc(-c2ccc(Cl)nc2)nc2c1CNCC2.[OH-].[SH-]. The Hall–Kier alpha value is -4.60. The lowest BCUT2D eigenvalue weighted by Crippen LogP contribution is -2.38. The molecule has 7 rings (SSSR count). The molecule has 0 fully saturated rings. The van der Waals surface area contributed by atoms with Crippen LogP contribution >= 0.6 is 23.2 Å². The number of ether oxygens (including phenoxy) is 3. The van der Waals surface area contributed by atoms with Crippen molar-refractivity contribution >= 4 is 42.8 Å². The third-order valence-electron chi connectivity index (χ3n) is 7.98. The maximum atomic E-state index is 12.6. The van der Waals surface area contributed by atoms with Gasteiger partial charge < -0.3 is 43.4 Å². The van der Waals surface area contributed by atoms with Crippen molar-refractivity contribution in [2.45, 2.75) is 52.6 Å². The van der Waals surface area contributed by atoms with Crippen LogP contribution in [0.1, 0.15) is 49.2 Å². The lowest BCUT2D eigenvalue weighted by molar-refractivity contribution is 0.145. The highest BCUT2D eigenvalue weighted by Gasteiger charge is 2.28. The molecule has 4 aromatic heterocycles. The average Bonchev–Trinajstić information content (AvgIpc) is 3.16. The van der Waals surface area contributed by atoms with Gasteiger partial charge in [-0.3, -0.25) is 0 Å². The van der Waals surface area contributed by atoms with Crippen LogP contribution in [0.4, 0.5) is 4.79 Å². The van der Waals surface area contributed by atoms with Gasteiger partial charge in [0.25, 0.3) is 0 Å². The molecule has 0 atom stereocenters. The van der Waals surface area contributed by atoms with Crippen molar-refractivity contribution < 1.29 is 24.5 Å². The smallest absolute Gasteiger partial charge is 0.415 e. The van der Waals surface area contributed by atoms with E-state index in [1.165, 1.54) is 0 Å². The highest BCUT2D eigenvalue weighted by molar-refractivity contribution is 7.37. The van der Waals surface area contributed by atoms with Gasteiger partial charge >= 0.3 is 6.09 Å². The van der Waals surface area contributed by atoms with E-state index in [1.807, 2.05) is 37.3 Å². The Bertz CT molecular complexity index is 1940. The number of nitrogens with one attached hydrogen (secondary N) is 1. The number of halogens is 2. The Labute approximate surface area is 325 Å². The molecule has 13 nitrogen and oxygen atoms in total. The lowest BCUT2D eigenvalue weighted by atomic mass is 10.1. The first-order chi connectivity index (χ1) is 24.9. The fourth-order valence-corrected chi connectivity index (χ4v) is 5.64. The van der Waals surface area contributed by atoms with Crippen LogP contribution in [0.2, 0.25) is 10.3 Å². The van der Waals surface area contributed by atoms with E-state index < -0.39 is 6.09 Å². The third-order valence-corrected chi connectivity index (χ3v) is 8.43. The van der Waals surface area contributed by atoms with Crippen LogP contribution in [0, 0.1) is 0 Å². The maximum absolute atomic E-state index is 12.6. The minimum absolute atomic E-state index is 0. The molecule has 1 amide bonds. The first kappa shape index (κ1) is 41.2. The zero-order valence-corrected chi connectivity index (χ0v) is 31.7. The number of pyridine rings is 2. The van der Waals surface area contributed by atoms with Crippen molar-refractivity contribution in [1.29, 1.82) is 0 Å². The number of para-hydroxylation sites is 1. The molecule has 0 saturated heterocycles. The molecule has 5 aromatic rings. The second kappa shape index (κ2) is 20.0. The van der Waals surface area contributed by atoms with E-state index in [0.29, 0.717) is 72.2 Å². The molecule has 2 aliphatic heterocycles. The van der Waals surface area contributed by atoms with Gasteiger partial charge in [-0.1, -0.05) is 55.2 Å². The highest BCUT2D eigenvalue weighted by atomic mass is 35.5. The van der Waals surface area contributed by atoms with Crippen LogP contribution in [0.25, 0.3) is 22.8 Å². The quantitative estimate of drug-likeness (QED) is 0.0953. The molecular formula is C37H40Cl2N8O5S-2. The van der Waals surface area contributed by atoms with Crippen LogP contribution < -0.4 is 19.5 Å². The zero-order chi connectivity index (χ0) is 35.6. The Morgan fingerprint density at radius 1 is 0.774 bits per heavy atom. The largest absolute Gasteiger partial charge is 0.870 e. The van der Waals surface area contributed by atoms with E-state index in [9.17, 15) is 4.79 Å². The molecule has 0 bridgehead atoms. The van der Waals surface area contributed by atoms with E-state index in [4.69, 9.17) is 42.4 Å². The van der Waals surface area contributed by atoms with Crippen molar-refractivity contribution in [2.75, 3.05) is 26.3 Å². The van der Waals surface area contributed by atoms with Gasteiger partial charge in [-0.25, -0.2) is 24.7 Å². The summed E-state index contributed by atoms with van der Waals surface area (Å²) in [6.45, 7) is 7.80. The summed E-state index contributed by atoms with van der Waals surface area (Å²) in [6, 6.07) is 16.2. The highest BCUT2D eigenvalue weighted by Crippen LogP contribution is 2.30. The van der Waals surface area contributed by atoms with Gasteiger partial charge in [-0.15, -0.1) is 0 Å². The van der Waals surface area contributed by atoms with Crippen LogP contribution in [-0.2, 0) is 39.4 Å². The molecule has 0 radical (unpaired) electrons. The lowest BCUT2D eigenvalue weighted by Gasteiger charge is -2.28. The molecule has 6 heterocycles. The van der Waals surface area contributed by atoms with E-state index in [0.717, 1.165) is 66.0 Å². The van der Waals surface area contributed by atoms with Crippen LogP contribution in [0.3, 0.4) is 0 Å². The zero-order valence-electron chi connectivity index (χ0n) is 29.3. The first-order valence-electron chi connectivity index (χ1n) is 16.9. The second-order valence-electron chi connectivity index (χ2n) is 11.8. The summed E-state index contributed by atoms with van der Waals surface area (Å²) in [7, 11) is 0. The van der Waals surface area contributed by atoms with Crippen LogP contribution in [-0.4, -0.2) is 72.7 Å². The van der Waals surface area contributed by atoms with Crippen LogP contribution in [0.5, 0.6) is 17.5 Å². The molecule has 2 N–H and O–H groups in total. The monoisotopic (exact) mass is 778 g/mol. The fourth-order valence-electron chi connectivity index (χ4n) is 5.42. The topological polar surface area (TPSA) is 167 Å². The Morgan fingerprint density at radius 2 is 1.34 bits per heavy atom. The molecule has 280 valence electrons. The van der Waals surface area contributed by atoms with Gasteiger partial charge in [0, 0.05) is 61.6 Å². The van der Waals surface area contributed by atoms with Gasteiger partial charge in [0.1, 0.15) is 16.1 Å². The number of hydrogen-bond donors (Lipinski definition) is 1. The second-order valence-corrected chi connectivity index (χ2v) is 12.5. The number of hydrogen-bond acceptors (Lipinski definition) is 13. The summed E-state index contributed by atoms with van der Waals surface area (Å²) < 4.78 is 17.2. The molecule has 1 aromatic carbocycles. The average molecular weight is 780 g/mol. The minimum Gasteiger partial charge on any atom is -0.870 e. The summed E-state index contributed by atoms with van der Waals surface area (Å²) in [5.41, 5.74) is 5.41. The number of rotatable bonds is 9. The molecule has 0 spiro atoms. The Morgan fingerprint density at radius 3 is 1.89 bits per heavy atom. The molecule has 2 aliphatic rings. The maximum Gasteiger partial charge on any atom is 0.415 e. The normalized spacial score (nSPS) is 12.8. The molecule has 16 heteroatoms. The van der Waals surface area contributed by atoms with E-state index in [-0.39, 0.29) is 19.0 Å². The van der Waals surface area contributed by atoms with Crippen molar-refractivity contribution in [3.05, 3.63) is 99.8 Å². The van der Waals surface area contributed by atoms with Gasteiger partial charge in [0.15, 0.2) is 11.6 Å². The Balaban J connectivity index is 0.000000241. The standard InChI is InChI=1S/C22H21ClN4O3.C15H17ClN4O.H2O.H2S/c1-2-12-29-21-17-14-27(22(28)30-16-6-4-3-5-7-16)11-10-18(17)25-20(26-21)15-8-9-19(23)24-13-15;1-2-7-21-15-11-9-17-6-5-12(11)19-14(20-15)10-3-4-13(16)18-8-10;;/h3-9,13H,2,10-12,14H2,1H3;3-4,8,17H,2,5-7,9H2,1H3;2*1H2/p-2. The van der Waals surface area contributed by atoms with Crippen molar-refractivity contribution in [1.82, 2.24) is 40.1 Å². The number of thiol groups is 1. The number of aromatic nitrogens is 6. The third kappa shape index (κ3) is 10.7. The van der Waals surface area contributed by atoms with E-state index >= 15 is 0 Å². The fraction of sp³-hybridized carbons (Fsp3) is 0.324. The molecular weight excluding hydrogens is 739 g/mol. The van der Waals surface area contributed by atoms with Crippen LogP contribution in [0.15, 0.2) is 67.0 Å². The predicted molar refractivity (Wildman–Crippen MR) is 205 cm³/mol. The molecule has 0 unspecified atom stereocenters. The Kier molecular flexibility index (Phi) is 15.5.